The molecule has 32 heavy (non-hydrogen) atoms. The van der Waals surface area contributed by atoms with E-state index in [9.17, 15) is 18.0 Å². The Morgan fingerprint density at radius 2 is 2.06 bits per heavy atom. The van der Waals surface area contributed by atoms with Gasteiger partial charge in [-0.15, -0.1) is 13.2 Å². The molecule has 0 radical (unpaired) electrons. The quantitative estimate of drug-likeness (QED) is 0.635. The Kier molecular flexibility index (Phi) is 6.93. The second-order valence-corrected chi connectivity index (χ2v) is 9.22. The molecule has 2 fully saturated rings. The molecule has 3 atom stereocenters. The van der Waals surface area contributed by atoms with Gasteiger partial charge in [-0.05, 0) is 62.4 Å². The van der Waals surface area contributed by atoms with E-state index in [1.165, 1.54) is 24.6 Å². The van der Waals surface area contributed by atoms with Crippen LogP contribution in [-0.4, -0.2) is 78.6 Å². The van der Waals surface area contributed by atoms with Gasteiger partial charge in [0, 0.05) is 32.7 Å². The molecule has 1 unspecified atom stereocenters. The molecule has 1 amide bonds. The molecular weight excluding hydrogens is 421 g/mol. The molecule has 1 aromatic rings. The zero-order valence-electron chi connectivity index (χ0n) is 18.4. The van der Waals surface area contributed by atoms with Crippen LogP contribution in [0.4, 0.5) is 13.2 Å². The summed E-state index contributed by atoms with van der Waals surface area (Å²) in [6.45, 7) is 4.15. The van der Waals surface area contributed by atoms with Gasteiger partial charge >= 0.3 is 6.36 Å². The van der Waals surface area contributed by atoms with Gasteiger partial charge in [0.05, 0.1) is 6.34 Å². The number of benzene rings is 1. The lowest BCUT2D eigenvalue weighted by molar-refractivity contribution is -0.274. The second kappa shape index (κ2) is 9.68. The zero-order chi connectivity index (χ0) is 22.7. The van der Waals surface area contributed by atoms with Gasteiger partial charge in [0.1, 0.15) is 11.8 Å². The van der Waals surface area contributed by atoms with Crippen LogP contribution < -0.4 is 4.74 Å². The third-order valence-corrected chi connectivity index (χ3v) is 6.62. The Bertz CT molecular complexity index is 828. The molecule has 0 bridgehead atoms. The fraction of sp³-hybridized carbons (Fsp3) is 0.652. The van der Waals surface area contributed by atoms with Crippen LogP contribution in [0.1, 0.15) is 37.7 Å². The third kappa shape index (κ3) is 5.94. The largest absolute Gasteiger partial charge is 0.573 e. The molecule has 1 aromatic carbocycles. The topological polar surface area (TPSA) is 48.4 Å². The lowest BCUT2D eigenvalue weighted by atomic mass is 9.83. The summed E-state index contributed by atoms with van der Waals surface area (Å²) >= 11 is 0. The molecule has 176 valence electrons. The summed E-state index contributed by atoms with van der Waals surface area (Å²) in [5.41, 5.74) is 0.625. The van der Waals surface area contributed by atoms with Crippen molar-refractivity contribution in [3.05, 3.63) is 29.8 Å². The van der Waals surface area contributed by atoms with E-state index in [-0.39, 0.29) is 24.2 Å². The number of carbonyl (C=O) groups excluding carboxylic acids is 1. The number of rotatable bonds is 7. The molecule has 0 N–H and O–H groups in total. The zero-order valence-corrected chi connectivity index (χ0v) is 18.4. The van der Waals surface area contributed by atoms with Crippen molar-refractivity contribution >= 4 is 12.2 Å². The molecule has 4 rings (SSSR count). The van der Waals surface area contributed by atoms with E-state index in [1.807, 2.05) is 16.8 Å². The average Bonchev–Trinajstić information content (AvgIpc) is 3.14. The van der Waals surface area contributed by atoms with Crippen LogP contribution in [0.25, 0.3) is 0 Å². The molecule has 0 aromatic heterocycles. The average molecular weight is 453 g/mol. The highest BCUT2D eigenvalue weighted by molar-refractivity contribution is 5.85. The number of amides is 1. The Hall–Kier alpha value is -2.29. The smallest absolute Gasteiger partial charge is 0.406 e. The van der Waals surface area contributed by atoms with E-state index >= 15 is 0 Å². The first-order chi connectivity index (χ1) is 15.3. The standard InChI is InChI=1S/C23H31F3N4O2/c1-28-15-21(27-16-28)22(31)30(14-18-6-3-8-20(12-18)32-23(24,25)26)19-7-2-5-17(11-19)13-29-9-4-10-29/h3,6,8,12,16-17,19,21H,2,4-5,7,9-11,13-15H2,1H3/t17-,19+,21?/m0/s1. The monoisotopic (exact) mass is 452 g/mol. The first kappa shape index (κ1) is 22.9. The molecule has 0 spiro atoms. The van der Waals surface area contributed by atoms with Gasteiger partial charge in [0.2, 0.25) is 5.91 Å². The van der Waals surface area contributed by atoms with Crippen LogP contribution in [0, 0.1) is 5.92 Å². The highest BCUT2D eigenvalue weighted by atomic mass is 19.4. The predicted octanol–water partition coefficient (Wildman–Crippen LogP) is 3.52. The minimum atomic E-state index is -4.75. The van der Waals surface area contributed by atoms with Crippen molar-refractivity contribution in [2.45, 2.75) is 57.1 Å². The lowest BCUT2D eigenvalue weighted by Crippen LogP contribution is -2.49. The van der Waals surface area contributed by atoms with E-state index < -0.39 is 12.4 Å². The molecule has 2 heterocycles. The number of hydrogen-bond donors (Lipinski definition) is 0. The van der Waals surface area contributed by atoms with Gasteiger partial charge in [-0.1, -0.05) is 18.6 Å². The summed E-state index contributed by atoms with van der Waals surface area (Å²) < 4.78 is 42.1. The highest BCUT2D eigenvalue weighted by Gasteiger charge is 2.36. The minimum Gasteiger partial charge on any atom is -0.406 e. The van der Waals surface area contributed by atoms with Gasteiger partial charge in [-0.3, -0.25) is 9.79 Å². The molecule has 1 saturated carbocycles. The molecule has 9 heteroatoms. The van der Waals surface area contributed by atoms with Crippen molar-refractivity contribution in [3.8, 4) is 5.75 Å². The highest BCUT2D eigenvalue weighted by Crippen LogP contribution is 2.32. The summed E-state index contributed by atoms with van der Waals surface area (Å²) in [4.78, 5) is 24.0. The van der Waals surface area contributed by atoms with Gasteiger partial charge in [-0.25, -0.2) is 0 Å². The van der Waals surface area contributed by atoms with E-state index in [1.54, 1.807) is 12.4 Å². The third-order valence-electron chi connectivity index (χ3n) is 6.62. The number of carbonyl (C=O) groups is 1. The first-order valence-electron chi connectivity index (χ1n) is 11.4. The molecular formula is C23H31F3N4O2. The van der Waals surface area contributed by atoms with Crippen molar-refractivity contribution in [2.24, 2.45) is 10.9 Å². The van der Waals surface area contributed by atoms with Crippen LogP contribution in [0.5, 0.6) is 5.75 Å². The molecule has 1 saturated heterocycles. The van der Waals surface area contributed by atoms with Crippen molar-refractivity contribution in [1.29, 1.82) is 0 Å². The number of aliphatic imine (C=N–C) groups is 1. The maximum atomic E-state index is 13.5. The Morgan fingerprint density at radius 3 is 2.72 bits per heavy atom. The fourth-order valence-electron chi connectivity index (χ4n) is 4.96. The molecule has 1 aliphatic carbocycles. The Labute approximate surface area is 187 Å². The van der Waals surface area contributed by atoms with Crippen LogP contribution >= 0.6 is 0 Å². The molecule has 3 aliphatic rings. The Balaban J connectivity index is 1.50. The van der Waals surface area contributed by atoms with Crippen molar-refractivity contribution in [2.75, 3.05) is 33.2 Å². The van der Waals surface area contributed by atoms with Crippen LogP contribution in [0.15, 0.2) is 29.3 Å². The molecule has 6 nitrogen and oxygen atoms in total. The second-order valence-electron chi connectivity index (χ2n) is 9.22. The fourth-order valence-corrected chi connectivity index (χ4v) is 4.96. The van der Waals surface area contributed by atoms with Gasteiger partial charge in [-0.2, -0.15) is 0 Å². The van der Waals surface area contributed by atoms with E-state index in [0.29, 0.717) is 18.0 Å². The summed E-state index contributed by atoms with van der Waals surface area (Å²) in [6, 6.07) is 5.53. The van der Waals surface area contributed by atoms with Crippen molar-refractivity contribution < 1.29 is 22.7 Å². The van der Waals surface area contributed by atoms with Crippen LogP contribution in [-0.2, 0) is 11.3 Å². The van der Waals surface area contributed by atoms with E-state index in [0.717, 1.165) is 45.3 Å². The number of likely N-dealkylation sites (N-methyl/N-ethyl adjacent to an activating group) is 1. The summed E-state index contributed by atoms with van der Waals surface area (Å²) in [6.07, 6.45) is 2.23. The molecule has 2 aliphatic heterocycles. The summed E-state index contributed by atoms with van der Waals surface area (Å²) in [7, 11) is 1.88. The number of likely N-dealkylation sites (tertiary alicyclic amines) is 1. The summed E-state index contributed by atoms with van der Waals surface area (Å²) in [5.74, 6) is 0.224. The first-order valence-corrected chi connectivity index (χ1v) is 11.4. The maximum absolute atomic E-state index is 13.5. The number of nitrogens with zero attached hydrogens (tertiary/aromatic N) is 4. The normalized spacial score (nSPS) is 26.1. The van der Waals surface area contributed by atoms with Gasteiger partial charge in [0.25, 0.3) is 0 Å². The summed E-state index contributed by atoms with van der Waals surface area (Å²) in [5, 5.41) is 0. The minimum absolute atomic E-state index is 0.0534. The number of ether oxygens (including phenoxy) is 1. The number of hydrogen-bond acceptors (Lipinski definition) is 5. The van der Waals surface area contributed by atoms with Crippen LogP contribution in [0.2, 0.25) is 0 Å². The Morgan fingerprint density at radius 1 is 1.25 bits per heavy atom. The van der Waals surface area contributed by atoms with Crippen LogP contribution in [0.3, 0.4) is 0 Å². The lowest BCUT2D eigenvalue weighted by Gasteiger charge is -2.41. The van der Waals surface area contributed by atoms with Gasteiger partial charge < -0.3 is 19.4 Å². The SMILES string of the molecule is CN1C=NC(C(=O)N(Cc2cccc(OC(F)(F)F)c2)[C@@H]2CCC[C@H](CN3CCC3)C2)C1. The van der Waals surface area contributed by atoms with E-state index in [4.69, 9.17) is 0 Å². The number of halogens is 3. The van der Waals surface area contributed by atoms with Crippen molar-refractivity contribution in [1.82, 2.24) is 14.7 Å². The van der Waals surface area contributed by atoms with E-state index in [2.05, 4.69) is 14.6 Å². The van der Waals surface area contributed by atoms with Crippen molar-refractivity contribution in [3.63, 3.8) is 0 Å². The maximum Gasteiger partial charge on any atom is 0.573 e. The predicted molar refractivity (Wildman–Crippen MR) is 115 cm³/mol. The van der Waals surface area contributed by atoms with Gasteiger partial charge in [0.15, 0.2) is 0 Å². The number of alkyl halides is 3.